The minimum atomic E-state index is -2.88. The van der Waals surface area contributed by atoms with E-state index in [1.165, 1.54) is 10.9 Å². The number of rotatable bonds is 8. The third kappa shape index (κ3) is 5.48. The Morgan fingerprint density at radius 1 is 1.00 bits per heavy atom. The Bertz CT molecular complexity index is 1560. The molecule has 2 aromatic carbocycles. The fraction of sp³-hybridized carbons (Fsp3) is 0.185. The first kappa shape index (κ1) is 24.1. The van der Waals surface area contributed by atoms with Gasteiger partial charge in [0.05, 0.1) is 24.8 Å². The zero-order valence-corrected chi connectivity index (χ0v) is 20.1. The molecule has 5 aromatic rings. The summed E-state index contributed by atoms with van der Waals surface area (Å²) in [4.78, 5) is 16.9. The third-order valence-corrected chi connectivity index (χ3v) is 6.03. The van der Waals surface area contributed by atoms with Crippen LogP contribution in [0.3, 0.4) is 0 Å². The largest absolute Gasteiger partial charge is 0.383 e. The number of carbonyl (C=O) groups excluding carboxylic acids is 1. The van der Waals surface area contributed by atoms with Crippen LogP contribution in [0.15, 0.2) is 73.3 Å². The molecule has 5 rings (SSSR count). The standard InChI is InChI=1S/C27H25F2N7O/c1-17-11-33-35(13-17)14-18-2-4-19(5-3-18)15-36-16-23(24(34-36)25(28)29)27(37)32-12-20-6-7-22-21(10-20)8-9-31-26(22)30/h2-11,13,16,25H,12,14-15H2,1H3,(H2,30,31)(H,32,37). The first-order chi connectivity index (χ1) is 17.9. The molecule has 0 saturated carbocycles. The Morgan fingerprint density at radius 2 is 1.70 bits per heavy atom. The number of halogens is 2. The van der Waals surface area contributed by atoms with E-state index in [2.05, 4.69) is 20.5 Å². The Labute approximate surface area is 211 Å². The summed E-state index contributed by atoms with van der Waals surface area (Å²) in [5.41, 5.74) is 9.03. The Balaban J connectivity index is 1.27. The van der Waals surface area contributed by atoms with Gasteiger partial charge in [0.1, 0.15) is 11.5 Å². The highest BCUT2D eigenvalue weighted by molar-refractivity contribution is 5.95. The molecule has 0 atom stereocenters. The lowest BCUT2D eigenvalue weighted by Crippen LogP contribution is -2.23. The monoisotopic (exact) mass is 501 g/mol. The molecule has 3 aromatic heterocycles. The van der Waals surface area contributed by atoms with E-state index in [-0.39, 0.29) is 18.7 Å². The molecule has 0 aliphatic heterocycles. The molecule has 8 nitrogen and oxygen atoms in total. The average Bonchev–Trinajstić information content (AvgIpc) is 3.50. The van der Waals surface area contributed by atoms with Crippen molar-refractivity contribution in [2.24, 2.45) is 0 Å². The van der Waals surface area contributed by atoms with Crippen molar-refractivity contribution in [1.29, 1.82) is 0 Å². The Morgan fingerprint density at radius 3 is 2.38 bits per heavy atom. The SMILES string of the molecule is Cc1cnn(Cc2ccc(Cn3cc(C(=O)NCc4ccc5c(N)nccc5c4)c(C(F)F)n3)cc2)c1. The second-order valence-electron chi connectivity index (χ2n) is 8.89. The normalized spacial score (nSPS) is 11.4. The van der Waals surface area contributed by atoms with Crippen molar-refractivity contribution in [3.05, 3.63) is 107 Å². The molecule has 0 aliphatic carbocycles. The van der Waals surface area contributed by atoms with Crippen molar-refractivity contribution in [3.8, 4) is 0 Å². The summed E-state index contributed by atoms with van der Waals surface area (Å²) in [5, 5.41) is 12.7. The van der Waals surface area contributed by atoms with Crippen molar-refractivity contribution in [1.82, 2.24) is 29.9 Å². The third-order valence-electron chi connectivity index (χ3n) is 6.03. The molecule has 0 saturated heterocycles. The number of nitrogens with zero attached hydrogens (tertiary/aromatic N) is 5. The second kappa shape index (κ2) is 10.2. The number of benzene rings is 2. The summed E-state index contributed by atoms with van der Waals surface area (Å²) >= 11 is 0. The summed E-state index contributed by atoms with van der Waals surface area (Å²) in [7, 11) is 0. The fourth-order valence-corrected chi connectivity index (χ4v) is 4.17. The summed E-state index contributed by atoms with van der Waals surface area (Å²) in [6, 6.07) is 15.1. The molecule has 0 spiro atoms. The number of nitrogens with one attached hydrogen (secondary N) is 1. The van der Waals surface area contributed by atoms with Gasteiger partial charge in [-0.1, -0.05) is 36.4 Å². The lowest BCUT2D eigenvalue weighted by molar-refractivity contribution is 0.0936. The van der Waals surface area contributed by atoms with Crippen molar-refractivity contribution in [3.63, 3.8) is 0 Å². The van der Waals surface area contributed by atoms with Crippen LogP contribution >= 0.6 is 0 Å². The van der Waals surface area contributed by atoms with Gasteiger partial charge in [0.25, 0.3) is 12.3 Å². The van der Waals surface area contributed by atoms with Crippen molar-refractivity contribution >= 4 is 22.5 Å². The molecule has 0 bridgehead atoms. The molecule has 37 heavy (non-hydrogen) atoms. The van der Waals surface area contributed by atoms with Crippen LogP contribution in [0, 0.1) is 6.92 Å². The first-order valence-electron chi connectivity index (χ1n) is 11.7. The molecule has 188 valence electrons. The zero-order chi connectivity index (χ0) is 25.9. The molecule has 0 unspecified atom stereocenters. The van der Waals surface area contributed by atoms with Crippen LogP contribution in [0.5, 0.6) is 0 Å². The number of hydrogen-bond donors (Lipinski definition) is 2. The summed E-state index contributed by atoms with van der Waals surface area (Å²) in [6.07, 6.45) is 3.86. The van der Waals surface area contributed by atoms with E-state index >= 15 is 0 Å². The number of nitrogens with two attached hydrogens (primary N) is 1. The smallest absolute Gasteiger partial charge is 0.282 e. The predicted octanol–water partition coefficient (Wildman–Crippen LogP) is 4.48. The molecule has 3 heterocycles. The lowest BCUT2D eigenvalue weighted by atomic mass is 10.1. The van der Waals surface area contributed by atoms with Gasteiger partial charge in [-0.2, -0.15) is 10.2 Å². The van der Waals surface area contributed by atoms with Crippen molar-refractivity contribution < 1.29 is 13.6 Å². The molecule has 1 amide bonds. The highest BCUT2D eigenvalue weighted by Gasteiger charge is 2.23. The number of aryl methyl sites for hydroxylation is 1. The number of carbonyl (C=O) groups is 1. The molecule has 0 radical (unpaired) electrons. The van der Waals surface area contributed by atoms with Crippen LogP contribution in [0.2, 0.25) is 0 Å². The first-order valence-corrected chi connectivity index (χ1v) is 11.7. The van der Waals surface area contributed by atoms with Gasteiger partial charge in [-0.3, -0.25) is 14.2 Å². The van der Waals surface area contributed by atoms with Crippen molar-refractivity contribution in [2.75, 3.05) is 5.73 Å². The van der Waals surface area contributed by atoms with E-state index in [9.17, 15) is 13.6 Å². The van der Waals surface area contributed by atoms with Crippen LogP contribution in [0.4, 0.5) is 14.6 Å². The van der Waals surface area contributed by atoms with Gasteiger partial charge < -0.3 is 11.1 Å². The number of hydrogen-bond acceptors (Lipinski definition) is 5. The Kier molecular flexibility index (Phi) is 6.63. The molecule has 0 aliphatic rings. The van der Waals surface area contributed by atoms with Crippen LogP contribution in [-0.2, 0) is 19.6 Å². The lowest BCUT2D eigenvalue weighted by Gasteiger charge is -2.07. The molecular formula is C27H25F2N7O. The number of fused-ring (bicyclic) bond motifs is 1. The van der Waals surface area contributed by atoms with Crippen LogP contribution in [0.1, 0.15) is 44.7 Å². The number of aromatic nitrogens is 5. The predicted molar refractivity (Wildman–Crippen MR) is 136 cm³/mol. The minimum Gasteiger partial charge on any atom is -0.383 e. The van der Waals surface area contributed by atoms with Crippen molar-refractivity contribution in [2.45, 2.75) is 33.0 Å². The maximum absolute atomic E-state index is 13.7. The maximum atomic E-state index is 13.7. The van der Waals surface area contributed by atoms with E-state index in [4.69, 9.17) is 5.73 Å². The van der Waals surface area contributed by atoms with Crippen LogP contribution in [0.25, 0.3) is 10.8 Å². The number of amides is 1. The van der Waals surface area contributed by atoms with Gasteiger partial charge in [-0.25, -0.2) is 13.8 Å². The van der Waals surface area contributed by atoms with Gasteiger partial charge >= 0.3 is 0 Å². The van der Waals surface area contributed by atoms with Gasteiger partial charge in [-0.15, -0.1) is 0 Å². The number of nitrogen functional groups attached to an aromatic ring is 1. The van der Waals surface area contributed by atoms with E-state index in [0.717, 1.165) is 33.0 Å². The summed E-state index contributed by atoms with van der Waals surface area (Å²) in [6.45, 7) is 3.05. The van der Waals surface area contributed by atoms with Gasteiger partial charge in [0, 0.05) is 30.5 Å². The number of pyridine rings is 1. The number of anilines is 1. The van der Waals surface area contributed by atoms with E-state index in [0.29, 0.717) is 12.4 Å². The quantitative estimate of drug-likeness (QED) is 0.326. The number of alkyl halides is 2. The van der Waals surface area contributed by atoms with Gasteiger partial charge in [-0.05, 0) is 46.7 Å². The Hall–Kier alpha value is -4.60. The highest BCUT2D eigenvalue weighted by Crippen LogP contribution is 2.23. The highest BCUT2D eigenvalue weighted by atomic mass is 19.3. The minimum absolute atomic E-state index is 0.144. The second-order valence-corrected chi connectivity index (χ2v) is 8.89. The maximum Gasteiger partial charge on any atom is 0.282 e. The summed E-state index contributed by atoms with van der Waals surface area (Å²) < 4.78 is 30.6. The molecule has 10 heteroatoms. The topological polar surface area (TPSA) is 104 Å². The average molecular weight is 502 g/mol. The van der Waals surface area contributed by atoms with Gasteiger partial charge in [0.2, 0.25) is 0 Å². The molecule has 3 N–H and O–H groups in total. The molecular weight excluding hydrogens is 476 g/mol. The summed E-state index contributed by atoms with van der Waals surface area (Å²) in [5.74, 6) is -0.189. The van der Waals surface area contributed by atoms with Crippen LogP contribution in [-0.4, -0.2) is 30.5 Å². The van der Waals surface area contributed by atoms with E-state index < -0.39 is 18.0 Å². The van der Waals surface area contributed by atoms with Gasteiger partial charge in [0.15, 0.2) is 0 Å². The van der Waals surface area contributed by atoms with E-state index in [1.54, 1.807) is 12.4 Å². The van der Waals surface area contributed by atoms with E-state index in [1.807, 2.05) is 66.3 Å². The zero-order valence-electron chi connectivity index (χ0n) is 20.1. The molecule has 0 fully saturated rings. The van der Waals surface area contributed by atoms with Crippen LogP contribution < -0.4 is 11.1 Å². The fourth-order valence-electron chi connectivity index (χ4n) is 4.17.